The summed E-state index contributed by atoms with van der Waals surface area (Å²) in [5.74, 6) is -1.34. The molecule has 146 valence electrons. The number of esters is 1. The number of thiazole rings is 1. The van der Waals surface area contributed by atoms with E-state index in [-0.39, 0.29) is 24.2 Å². The number of aromatic nitrogens is 2. The van der Waals surface area contributed by atoms with Gasteiger partial charge in [-0.15, -0.1) is 11.3 Å². The zero-order valence-electron chi connectivity index (χ0n) is 15.8. The highest BCUT2D eigenvalue weighted by Crippen LogP contribution is 2.33. The topological polar surface area (TPSA) is 98.2 Å². The number of hydrogen-bond donors (Lipinski definition) is 1. The lowest BCUT2D eigenvalue weighted by Crippen LogP contribution is -2.14. The fraction of sp³-hybridized carbons (Fsp3) is 0.190. The molecule has 1 aromatic carbocycles. The summed E-state index contributed by atoms with van der Waals surface area (Å²) in [6.07, 6.45) is 1.66. The molecule has 0 saturated carbocycles. The Kier molecular flexibility index (Phi) is 4.94. The molecule has 1 aliphatic heterocycles. The molecule has 3 heterocycles. The molecule has 7 nitrogen and oxygen atoms in total. The number of nitrogens with one attached hydrogen (secondary N) is 1. The van der Waals surface area contributed by atoms with Crippen LogP contribution in [-0.4, -0.2) is 34.2 Å². The Morgan fingerprint density at radius 3 is 2.83 bits per heavy atom. The molecule has 1 amide bonds. The third-order valence-corrected chi connectivity index (χ3v) is 5.85. The van der Waals surface area contributed by atoms with Gasteiger partial charge < -0.3 is 10.1 Å². The molecule has 8 heteroatoms. The van der Waals surface area contributed by atoms with E-state index in [0.717, 1.165) is 5.56 Å². The number of amides is 1. The SMILES string of the molecule is Cc1nc(-c2ccccn2)sc1C(=O)OCC(=O)c1ccc2c(c1)[C@@H](C)C(=O)N2. The minimum atomic E-state index is -0.595. The molecule has 0 unspecified atom stereocenters. The predicted octanol–water partition coefficient (Wildman–Crippen LogP) is 3.61. The van der Waals surface area contributed by atoms with Crippen molar-refractivity contribution in [3.8, 4) is 10.7 Å². The minimum Gasteiger partial charge on any atom is -0.453 e. The maximum atomic E-state index is 12.5. The van der Waals surface area contributed by atoms with Crippen LogP contribution in [0, 0.1) is 6.92 Å². The van der Waals surface area contributed by atoms with Gasteiger partial charge in [-0.25, -0.2) is 9.78 Å². The second-order valence-corrected chi connectivity index (χ2v) is 7.66. The van der Waals surface area contributed by atoms with E-state index in [2.05, 4.69) is 15.3 Å². The number of carbonyl (C=O) groups excluding carboxylic acids is 3. The number of Topliss-reactive ketones (excluding diaryl/α,β-unsaturated/α-hetero) is 1. The lowest BCUT2D eigenvalue weighted by molar-refractivity contribution is -0.116. The largest absolute Gasteiger partial charge is 0.453 e. The summed E-state index contributed by atoms with van der Waals surface area (Å²) in [6, 6.07) is 10.4. The summed E-state index contributed by atoms with van der Waals surface area (Å²) >= 11 is 1.18. The molecule has 1 aliphatic rings. The molecule has 0 fully saturated rings. The Morgan fingerprint density at radius 2 is 2.07 bits per heavy atom. The number of hydrogen-bond acceptors (Lipinski definition) is 7. The van der Waals surface area contributed by atoms with Crippen LogP contribution in [0.15, 0.2) is 42.6 Å². The summed E-state index contributed by atoms with van der Waals surface area (Å²) in [5.41, 5.74) is 3.08. The predicted molar refractivity (Wildman–Crippen MR) is 108 cm³/mol. The number of fused-ring (bicyclic) bond motifs is 1. The van der Waals surface area contributed by atoms with Crippen LogP contribution >= 0.6 is 11.3 Å². The quantitative estimate of drug-likeness (QED) is 0.512. The summed E-state index contributed by atoms with van der Waals surface area (Å²) in [5, 5.41) is 3.38. The lowest BCUT2D eigenvalue weighted by atomic mass is 9.99. The Balaban J connectivity index is 1.45. The first kappa shape index (κ1) is 18.9. The van der Waals surface area contributed by atoms with E-state index in [4.69, 9.17) is 4.74 Å². The van der Waals surface area contributed by atoms with Crippen LogP contribution in [0.2, 0.25) is 0 Å². The highest BCUT2D eigenvalue weighted by Gasteiger charge is 2.27. The molecule has 0 spiro atoms. The highest BCUT2D eigenvalue weighted by atomic mass is 32.1. The maximum absolute atomic E-state index is 12.5. The number of pyridine rings is 1. The maximum Gasteiger partial charge on any atom is 0.350 e. The van der Waals surface area contributed by atoms with Crippen molar-refractivity contribution in [1.82, 2.24) is 9.97 Å². The molecule has 4 rings (SSSR count). The number of ketones is 1. The molecule has 0 bridgehead atoms. The van der Waals surface area contributed by atoms with Crippen molar-refractivity contribution in [2.24, 2.45) is 0 Å². The van der Waals surface area contributed by atoms with Gasteiger partial charge in [0.15, 0.2) is 12.4 Å². The second-order valence-electron chi connectivity index (χ2n) is 6.66. The van der Waals surface area contributed by atoms with Gasteiger partial charge in [-0.1, -0.05) is 6.07 Å². The van der Waals surface area contributed by atoms with Crippen molar-refractivity contribution in [3.63, 3.8) is 0 Å². The van der Waals surface area contributed by atoms with Gasteiger partial charge in [0.1, 0.15) is 9.88 Å². The van der Waals surface area contributed by atoms with Gasteiger partial charge in [0, 0.05) is 17.4 Å². The zero-order chi connectivity index (χ0) is 20.5. The number of anilines is 1. The second kappa shape index (κ2) is 7.56. The van der Waals surface area contributed by atoms with Crippen LogP contribution in [0.25, 0.3) is 10.7 Å². The van der Waals surface area contributed by atoms with E-state index in [1.54, 1.807) is 44.3 Å². The van der Waals surface area contributed by atoms with Gasteiger partial charge in [0.25, 0.3) is 0 Å². The molecule has 1 N–H and O–H groups in total. The molecule has 2 aromatic heterocycles. The third-order valence-electron chi connectivity index (χ3n) is 4.69. The van der Waals surface area contributed by atoms with Gasteiger partial charge in [-0.05, 0) is 49.7 Å². The van der Waals surface area contributed by atoms with Crippen molar-refractivity contribution in [2.45, 2.75) is 19.8 Å². The molecule has 0 saturated heterocycles. The van der Waals surface area contributed by atoms with E-state index in [1.807, 2.05) is 12.1 Å². The monoisotopic (exact) mass is 407 g/mol. The van der Waals surface area contributed by atoms with Crippen molar-refractivity contribution >= 4 is 34.7 Å². The summed E-state index contributed by atoms with van der Waals surface area (Å²) < 4.78 is 5.22. The van der Waals surface area contributed by atoms with E-state index in [1.165, 1.54) is 11.3 Å². The van der Waals surface area contributed by atoms with E-state index in [9.17, 15) is 14.4 Å². The number of aryl methyl sites for hydroxylation is 1. The average Bonchev–Trinajstić information content (AvgIpc) is 3.26. The lowest BCUT2D eigenvalue weighted by Gasteiger charge is -2.06. The van der Waals surface area contributed by atoms with Crippen molar-refractivity contribution in [3.05, 3.63) is 64.3 Å². The molecule has 1 atom stereocenters. The first-order valence-electron chi connectivity index (χ1n) is 8.98. The summed E-state index contributed by atoms with van der Waals surface area (Å²) in [4.78, 5) is 45.6. The van der Waals surface area contributed by atoms with Crippen molar-refractivity contribution < 1.29 is 19.1 Å². The van der Waals surface area contributed by atoms with Crippen LogP contribution in [0.5, 0.6) is 0 Å². The number of nitrogens with zero attached hydrogens (tertiary/aromatic N) is 2. The van der Waals surface area contributed by atoms with E-state index < -0.39 is 5.97 Å². The van der Waals surface area contributed by atoms with Crippen LogP contribution in [-0.2, 0) is 9.53 Å². The number of carbonyl (C=O) groups is 3. The fourth-order valence-corrected chi connectivity index (χ4v) is 3.99. The van der Waals surface area contributed by atoms with Gasteiger partial charge in [0.05, 0.1) is 17.3 Å². The van der Waals surface area contributed by atoms with E-state index >= 15 is 0 Å². The van der Waals surface area contributed by atoms with Gasteiger partial charge in [-0.2, -0.15) is 0 Å². The zero-order valence-corrected chi connectivity index (χ0v) is 16.6. The van der Waals surface area contributed by atoms with Crippen molar-refractivity contribution in [2.75, 3.05) is 11.9 Å². The standard InChI is InChI=1S/C21H17N3O4S/c1-11-14-9-13(6-7-15(14)24-19(11)26)17(25)10-28-21(27)18-12(2)23-20(29-18)16-5-3-4-8-22-16/h3-9,11H,10H2,1-2H3,(H,24,26)/t11-/m1/s1. The highest BCUT2D eigenvalue weighted by molar-refractivity contribution is 7.17. The van der Waals surface area contributed by atoms with Gasteiger partial charge in [-0.3, -0.25) is 14.6 Å². The normalized spacial score (nSPS) is 15.0. The van der Waals surface area contributed by atoms with Crippen molar-refractivity contribution in [1.29, 1.82) is 0 Å². The summed E-state index contributed by atoms with van der Waals surface area (Å²) in [7, 11) is 0. The molecule has 3 aromatic rings. The van der Waals surface area contributed by atoms with Crippen LogP contribution < -0.4 is 5.32 Å². The van der Waals surface area contributed by atoms with E-state index in [0.29, 0.717) is 32.5 Å². The molecule has 0 radical (unpaired) electrons. The molecule has 29 heavy (non-hydrogen) atoms. The Bertz CT molecular complexity index is 1120. The average molecular weight is 407 g/mol. The Labute approximate surface area is 170 Å². The molecular weight excluding hydrogens is 390 g/mol. The van der Waals surface area contributed by atoms with Gasteiger partial charge >= 0.3 is 5.97 Å². The van der Waals surface area contributed by atoms with Crippen LogP contribution in [0.3, 0.4) is 0 Å². The summed E-state index contributed by atoms with van der Waals surface area (Å²) in [6.45, 7) is 3.11. The molecular formula is C21H17N3O4S. The number of rotatable bonds is 5. The Morgan fingerprint density at radius 1 is 1.24 bits per heavy atom. The Hall–Kier alpha value is -3.39. The van der Waals surface area contributed by atoms with Gasteiger partial charge in [0.2, 0.25) is 5.91 Å². The smallest absolute Gasteiger partial charge is 0.350 e. The van der Waals surface area contributed by atoms with Crippen LogP contribution in [0.4, 0.5) is 5.69 Å². The molecule has 0 aliphatic carbocycles. The third kappa shape index (κ3) is 3.66. The first-order chi connectivity index (χ1) is 13.9. The first-order valence-corrected chi connectivity index (χ1v) is 9.79. The number of benzene rings is 1. The minimum absolute atomic E-state index is 0.0968. The fourth-order valence-electron chi connectivity index (χ4n) is 3.06. The van der Waals surface area contributed by atoms with Crippen LogP contribution in [0.1, 0.15) is 44.1 Å². The number of ether oxygens (including phenoxy) is 1.